The second-order valence-electron chi connectivity index (χ2n) is 5.38. The summed E-state index contributed by atoms with van der Waals surface area (Å²) in [7, 11) is 1.67. The molecule has 2 rings (SSSR count). The van der Waals surface area contributed by atoms with Crippen LogP contribution in [0.2, 0.25) is 0 Å². The predicted octanol–water partition coefficient (Wildman–Crippen LogP) is 1.29. The molecule has 1 saturated heterocycles. The van der Waals surface area contributed by atoms with Crippen molar-refractivity contribution in [3.8, 4) is 11.5 Å². The van der Waals surface area contributed by atoms with Crippen LogP contribution in [0.15, 0.2) is 30.9 Å². The van der Waals surface area contributed by atoms with Crippen LogP contribution < -0.4 is 9.47 Å². The summed E-state index contributed by atoms with van der Waals surface area (Å²) in [6.45, 7) is 9.04. The van der Waals surface area contributed by atoms with Crippen molar-refractivity contribution in [3.63, 3.8) is 0 Å². The molecule has 0 unspecified atom stereocenters. The number of hydrogen-bond donors (Lipinski definition) is 2. The first-order valence-electron chi connectivity index (χ1n) is 8.14. The number of aliphatic carboxylic acids is 2. The van der Waals surface area contributed by atoms with Gasteiger partial charge in [0.15, 0.2) is 0 Å². The van der Waals surface area contributed by atoms with Gasteiger partial charge in [-0.05, 0) is 24.6 Å². The lowest BCUT2D eigenvalue weighted by Gasteiger charge is -2.26. The Morgan fingerprint density at radius 1 is 1.27 bits per heavy atom. The number of carboxylic acid groups (broad SMARTS) is 2. The highest BCUT2D eigenvalue weighted by atomic mass is 16.5. The zero-order chi connectivity index (χ0) is 19.4. The molecular formula is C18H25NO7. The fraction of sp³-hybridized carbons (Fsp3) is 0.444. The third-order valence-corrected chi connectivity index (χ3v) is 3.58. The Morgan fingerprint density at radius 2 is 1.92 bits per heavy atom. The monoisotopic (exact) mass is 367 g/mol. The molecule has 144 valence electrons. The standard InChI is InChI=1S/C16H23NO3.C2H2O4/c1-3-4-14-13-15(18-2)5-6-16(14)20-12-9-17-7-10-19-11-8-17;3-1(4)2(5)6/h3,5-6,13H,1,4,7-12H2,2H3;(H,3,4)(H,5,6). The molecule has 8 nitrogen and oxygen atoms in total. The smallest absolute Gasteiger partial charge is 0.414 e. The highest BCUT2D eigenvalue weighted by Gasteiger charge is 2.10. The van der Waals surface area contributed by atoms with E-state index in [0.717, 1.165) is 56.3 Å². The number of carbonyl (C=O) groups is 2. The number of methoxy groups -OCH3 is 1. The Balaban J connectivity index is 0.000000487. The number of carboxylic acids is 2. The largest absolute Gasteiger partial charge is 0.497 e. The number of rotatable bonds is 7. The van der Waals surface area contributed by atoms with Crippen molar-refractivity contribution in [2.24, 2.45) is 0 Å². The van der Waals surface area contributed by atoms with Gasteiger partial charge in [0.2, 0.25) is 0 Å². The normalized spacial score (nSPS) is 13.9. The maximum atomic E-state index is 9.10. The van der Waals surface area contributed by atoms with Crippen LogP contribution in [0.25, 0.3) is 0 Å². The van der Waals surface area contributed by atoms with Crippen molar-refractivity contribution in [2.75, 3.05) is 46.6 Å². The summed E-state index contributed by atoms with van der Waals surface area (Å²) < 4.78 is 16.5. The second-order valence-corrected chi connectivity index (χ2v) is 5.38. The van der Waals surface area contributed by atoms with Crippen molar-refractivity contribution in [3.05, 3.63) is 36.4 Å². The molecule has 1 aliphatic heterocycles. The Labute approximate surface area is 152 Å². The molecule has 0 aliphatic carbocycles. The maximum absolute atomic E-state index is 9.10. The zero-order valence-electron chi connectivity index (χ0n) is 14.8. The van der Waals surface area contributed by atoms with E-state index in [9.17, 15) is 0 Å². The van der Waals surface area contributed by atoms with Crippen molar-refractivity contribution in [1.29, 1.82) is 0 Å². The maximum Gasteiger partial charge on any atom is 0.414 e. The van der Waals surface area contributed by atoms with Gasteiger partial charge < -0.3 is 24.4 Å². The highest BCUT2D eigenvalue weighted by Crippen LogP contribution is 2.25. The Kier molecular flexibility index (Phi) is 9.81. The van der Waals surface area contributed by atoms with Gasteiger partial charge >= 0.3 is 11.9 Å². The topological polar surface area (TPSA) is 106 Å². The summed E-state index contributed by atoms with van der Waals surface area (Å²) in [5, 5.41) is 14.8. The molecule has 0 atom stereocenters. The zero-order valence-corrected chi connectivity index (χ0v) is 14.8. The van der Waals surface area contributed by atoms with Crippen molar-refractivity contribution < 1.29 is 34.0 Å². The first kappa shape index (κ1) is 21.5. The minimum atomic E-state index is -1.82. The van der Waals surface area contributed by atoms with E-state index in [-0.39, 0.29) is 0 Å². The Hall–Kier alpha value is -2.58. The average molecular weight is 367 g/mol. The lowest BCUT2D eigenvalue weighted by atomic mass is 10.1. The molecule has 2 N–H and O–H groups in total. The summed E-state index contributed by atoms with van der Waals surface area (Å²) in [4.78, 5) is 20.6. The lowest BCUT2D eigenvalue weighted by Crippen LogP contribution is -2.38. The van der Waals surface area contributed by atoms with Gasteiger partial charge in [-0.2, -0.15) is 0 Å². The molecule has 1 heterocycles. The number of benzene rings is 1. The number of allylic oxidation sites excluding steroid dienone is 1. The van der Waals surface area contributed by atoms with Crippen LogP contribution in [0.5, 0.6) is 11.5 Å². The number of ether oxygens (including phenoxy) is 3. The van der Waals surface area contributed by atoms with Crippen molar-refractivity contribution >= 4 is 11.9 Å². The molecule has 0 bridgehead atoms. The van der Waals surface area contributed by atoms with Crippen LogP contribution in [0, 0.1) is 0 Å². The summed E-state index contributed by atoms with van der Waals surface area (Å²) in [6.07, 6.45) is 2.66. The molecule has 0 spiro atoms. The first-order chi connectivity index (χ1) is 12.5. The van der Waals surface area contributed by atoms with Gasteiger partial charge in [-0.15, -0.1) is 6.58 Å². The minimum absolute atomic E-state index is 0.691. The minimum Gasteiger partial charge on any atom is -0.497 e. The molecule has 1 aromatic carbocycles. The Morgan fingerprint density at radius 3 is 2.46 bits per heavy atom. The van der Waals surface area contributed by atoms with Crippen LogP contribution in [0.3, 0.4) is 0 Å². The third-order valence-electron chi connectivity index (χ3n) is 3.58. The molecule has 26 heavy (non-hydrogen) atoms. The SMILES string of the molecule is C=CCc1cc(OC)ccc1OCCN1CCOCC1.O=C(O)C(=O)O. The van der Waals surface area contributed by atoms with Gasteiger partial charge in [0.05, 0.1) is 20.3 Å². The molecule has 1 fully saturated rings. The van der Waals surface area contributed by atoms with Crippen LogP contribution >= 0.6 is 0 Å². The van der Waals surface area contributed by atoms with E-state index in [0.29, 0.717) is 6.61 Å². The molecule has 1 aromatic rings. The second kappa shape index (κ2) is 11.9. The lowest BCUT2D eigenvalue weighted by molar-refractivity contribution is -0.159. The fourth-order valence-electron chi connectivity index (χ4n) is 2.25. The summed E-state index contributed by atoms with van der Waals surface area (Å²) in [5.74, 6) is -1.88. The molecule has 0 radical (unpaired) electrons. The molecule has 1 aliphatic rings. The Bertz CT molecular complexity index is 585. The average Bonchev–Trinajstić information content (AvgIpc) is 2.64. The van der Waals surface area contributed by atoms with E-state index in [2.05, 4.69) is 11.5 Å². The molecule has 0 amide bonds. The van der Waals surface area contributed by atoms with Gasteiger partial charge in [0.1, 0.15) is 18.1 Å². The highest BCUT2D eigenvalue weighted by molar-refractivity contribution is 6.27. The van der Waals surface area contributed by atoms with Crippen LogP contribution in [0.1, 0.15) is 5.56 Å². The van der Waals surface area contributed by atoms with E-state index in [4.69, 9.17) is 34.0 Å². The van der Waals surface area contributed by atoms with Gasteiger partial charge in [-0.1, -0.05) is 6.08 Å². The number of nitrogens with zero attached hydrogens (tertiary/aromatic N) is 1. The summed E-state index contributed by atoms with van der Waals surface area (Å²) in [5.41, 5.74) is 1.11. The summed E-state index contributed by atoms with van der Waals surface area (Å²) >= 11 is 0. The van der Waals surface area contributed by atoms with E-state index in [1.165, 1.54) is 0 Å². The van der Waals surface area contributed by atoms with E-state index in [1.54, 1.807) is 7.11 Å². The van der Waals surface area contributed by atoms with E-state index >= 15 is 0 Å². The van der Waals surface area contributed by atoms with Gasteiger partial charge in [0.25, 0.3) is 0 Å². The number of hydrogen-bond acceptors (Lipinski definition) is 6. The van der Waals surface area contributed by atoms with Crippen LogP contribution in [-0.2, 0) is 20.7 Å². The van der Waals surface area contributed by atoms with E-state index in [1.807, 2.05) is 24.3 Å². The van der Waals surface area contributed by atoms with E-state index < -0.39 is 11.9 Å². The fourth-order valence-corrected chi connectivity index (χ4v) is 2.25. The molecule has 0 aromatic heterocycles. The molecular weight excluding hydrogens is 342 g/mol. The van der Waals surface area contributed by atoms with Gasteiger partial charge in [0, 0.05) is 25.2 Å². The third kappa shape index (κ3) is 8.00. The molecule has 8 heteroatoms. The number of morpholine rings is 1. The first-order valence-corrected chi connectivity index (χ1v) is 8.14. The predicted molar refractivity (Wildman–Crippen MR) is 94.9 cm³/mol. The van der Waals surface area contributed by atoms with Gasteiger partial charge in [-0.25, -0.2) is 9.59 Å². The van der Waals surface area contributed by atoms with Crippen LogP contribution in [-0.4, -0.2) is 73.6 Å². The van der Waals surface area contributed by atoms with Crippen LogP contribution in [0.4, 0.5) is 0 Å². The van der Waals surface area contributed by atoms with Gasteiger partial charge in [-0.3, -0.25) is 4.90 Å². The van der Waals surface area contributed by atoms with Crippen molar-refractivity contribution in [2.45, 2.75) is 6.42 Å². The quantitative estimate of drug-likeness (QED) is 0.549. The summed E-state index contributed by atoms with van der Waals surface area (Å²) in [6, 6.07) is 5.90. The van der Waals surface area contributed by atoms with Crippen molar-refractivity contribution in [1.82, 2.24) is 4.90 Å². The molecule has 0 saturated carbocycles.